The Labute approximate surface area is 175 Å². The third-order valence-corrected chi connectivity index (χ3v) is 5.06. The van der Waals surface area contributed by atoms with Gasteiger partial charge in [-0.15, -0.1) is 0 Å². The number of amides is 3. The summed E-state index contributed by atoms with van der Waals surface area (Å²) in [4.78, 5) is 47.9. The zero-order valence-electron chi connectivity index (χ0n) is 15.2. The van der Waals surface area contributed by atoms with Gasteiger partial charge in [0.2, 0.25) is 17.7 Å². The van der Waals surface area contributed by atoms with E-state index < -0.39 is 47.9 Å². The lowest BCUT2D eigenvalue weighted by molar-refractivity contribution is -0.141. The Morgan fingerprint density at radius 1 is 0.889 bits per heavy atom. The van der Waals surface area contributed by atoms with E-state index in [0.717, 1.165) is 0 Å². The Bertz CT molecular complexity index is 538. The van der Waals surface area contributed by atoms with Crippen molar-refractivity contribution in [3.8, 4) is 0 Å². The van der Waals surface area contributed by atoms with Crippen molar-refractivity contribution in [2.75, 3.05) is 17.3 Å². The van der Waals surface area contributed by atoms with Crippen molar-refractivity contribution < 1.29 is 24.3 Å². The van der Waals surface area contributed by atoms with Crippen LogP contribution < -0.4 is 21.7 Å². The molecule has 3 amide bonds. The highest BCUT2D eigenvalue weighted by Crippen LogP contribution is 2.09. The van der Waals surface area contributed by atoms with Crippen LogP contribution in [0.5, 0.6) is 0 Å². The van der Waals surface area contributed by atoms with E-state index in [2.05, 4.69) is 53.8 Å². The van der Waals surface area contributed by atoms with Gasteiger partial charge in [-0.3, -0.25) is 14.4 Å². The predicted octanol–water partition coefficient (Wildman–Crippen LogP) is -1.31. The Morgan fingerprint density at radius 3 is 1.81 bits per heavy atom. The molecule has 0 aliphatic carbocycles. The fourth-order valence-electron chi connectivity index (χ4n) is 1.96. The van der Waals surface area contributed by atoms with Crippen LogP contribution in [-0.4, -0.2) is 70.2 Å². The Morgan fingerprint density at radius 2 is 1.41 bits per heavy atom. The Kier molecular flexibility index (Phi) is 12.6. The molecule has 0 radical (unpaired) electrons. The van der Waals surface area contributed by atoms with Gasteiger partial charge >= 0.3 is 5.97 Å². The highest BCUT2D eigenvalue weighted by atomic mass is 32.1. The maximum Gasteiger partial charge on any atom is 0.327 e. The summed E-state index contributed by atoms with van der Waals surface area (Å²) in [5.41, 5.74) is 5.62. The second kappa shape index (κ2) is 13.1. The van der Waals surface area contributed by atoms with Gasteiger partial charge in [0.1, 0.15) is 18.1 Å². The molecule has 9 nitrogen and oxygen atoms in total. The van der Waals surface area contributed by atoms with E-state index in [4.69, 9.17) is 10.8 Å². The molecule has 5 atom stereocenters. The number of carbonyl (C=O) groups excluding carboxylic acids is 3. The summed E-state index contributed by atoms with van der Waals surface area (Å²) in [5, 5.41) is 16.3. The van der Waals surface area contributed by atoms with E-state index >= 15 is 0 Å². The second-order valence-corrected chi connectivity index (χ2v) is 7.08. The normalized spacial score (nSPS) is 16.4. The van der Waals surface area contributed by atoms with Crippen LogP contribution >= 0.6 is 37.9 Å². The van der Waals surface area contributed by atoms with Crippen LogP contribution in [0.15, 0.2) is 0 Å². The van der Waals surface area contributed by atoms with Crippen molar-refractivity contribution in [1.29, 1.82) is 0 Å². The van der Waals surface area contributed by atoms with Crippen LogP contribution in [0.1, 0.15) is 20.3 Å². The summed E-state index contributed by atoms with van der Waals surface area (Å²) in [6.45, 7) is 3.62. The van der Waals surface area contributed by atoms with Crippen molar-refractivity contribution in [2.24, 2.45) is 11.7 Å². The first-order valence-electron chi connectivity index (χ1n) is 8.34. The zero-order valence-corrected chi connectivity index (χ0v) is 17.9. The molecule has 0 spiro atoms. The van der Waals surface area contributed by atoms with Crippen LogP contribution in [0.4, 0.5) is 0 Å². The lowest BCUT2D eigenvalue weighted by Gasteiger charge is -2.27. The van der Waals surface area contributed by atoms with Gasteiger partial charge in [0.25, 0.3) is 0 Å². The molecule has 0 fully saturated rings. The summed E-state index contributed by atoms with van der Waals surface area (Å²) in [6.07, 6.45) is 0.590. The van der Waals surface area contributed by atoms with E-state index in [1.807, 2.05) is 6.92 Å². The lowest BCUT2D eigenvalue weighted by atomic mass is 9.97. The molecule has 0 saturated carbocycles. The van der Waals surface area contributed by atoms with Gasteiger partial charge in [-0.25, -0.2) is 4.79 Å². The summed E-state index contributed by atoms with van der Waals surface area (Å²) in [5.74, 6) is -3.35. The van der Waals surface area contributed by atoms with E-state index in [1.54, 1.807) is 6.92 Å². The number of nitrogens with two attached hydrogens (primary N) is 1. The number of rotatable bonds is 12. The number of hydrogen-bond acceptors (Lipinski definition) is 8. The molecular formula is C15H28N4O5S3. The first-order valence-corrected chi connectivity index (χ1v) is 10.2. The van der Waals surface area contributed by atoms with Gasteiger partial charge < -0.3 is 26.8 Å². The van der Waals surface area contributed by atoms with Gasteiger partial charge in [0.15, 0.2) is 0 Å². The number of carboxylic acid groups (broad SMARTS) is 1. The predicted molar refractivity (Wildman–Crippen MR) is 112 cm³/mol. The molecular weight excluding hydrogens is 412 g/mol. The summed E-state index contributed by atoms with van der Waals surface area (Å²) in [7, 11) is 0. The highest BCUT2D eigenvalue weighted by molar-refractivity contribution is 7.80. The maximum atomic E-state index is 12.6. The number of hydrogen-bond donors (Lipinski definition) is 8. The van der Waals surface area contributed by atoms with Crippen molar-refractivity contribution in [3.63, 3.8) is 0 Å². The second-order valence-electron chi connectivity index (χ2n) is 5.99. The van der Waals surface area contributed by atoms with Crippen molar-refractivity contribution >= 4 is 61.6 Å². The molecule has 5 unspecified atom stereocenters. The number of carboxylic acids is 1. The summed E-state index contributed by atoms with van der Waals surface area (Å²) >= 11 is 11.9. The first-order chi connectivity index (χ1) is 12.6. The maximum absolute atomic E-state index is 12.6. The van der Waals surface area contributed by atoms with E-state index in [9.17, 15) is 19.2 Å². The molecule has 0 aromatic carbocycles. The minimum atomic E-state index is -1.24. The van der Waals surface area contributed by atoms with E-state index in [1.165, 1.54) is 0 Å². The average Bonchev–Trinajstić information content (AvgIpc) is 2.65. The molecule has 27 heavy (non-hydrogen) atoms. The largest absolute Gasteiger partial charge is 0.480 e. The molecule has 6 N–H and O–H groups in total. The Balaban J connectivity index is 5.17. The number of carbonyl (C=O) groups is 4. The van der Waals surface area contributed by atoms with Crippen molar-refractivity contribution in [1.82, 2.24) is 16.0 Å². The smallest absolute Gasteiger partial charge is 0.327 e. The summed E-state index contributed by atoms with van der Waals surface area (Å²) in [6, 6.07) is -4.06. The monoisotopic (exact) mass is 440 g/mol. The number of aliphatic carboxylic acids is 1. The van der Waals surface area contributed by atoms with Crippen LogP contribution in [0.2, 0.25) is 0 Å². The molecule has 156 valence electrons. The molecule has 0 aromatic heterocycles. The Hall–Kier alpha value is -1.11. The molecule has 0 saturated heterocycles. The lowest BCUT2D eigenvalue weighted by Crippen LogP contribution is -2.59. The SMILES string of the molecule is CCC(C)C(NC(=O)C(N)CS)C(=O)NC(CS)C(=O)NC(CS)C(=O)O. The number of thiol groups is 3. The van der Waals surface area contributed by atoms with Gasteiger partial charge in [-0.1, -0.05) is 20.3 Å². The fourth-order valence-corrected chi connectivity index (χ4v) is 2.63. The number of nitrogens with one attached hydrogen (secondary N) is 3. The molecule has 0 rings (SSSR count). The minimum Gasteiger partial charge on any atom is -0.480 e. The third-order valence-electron chi connectivity index (χ3n) is 3.94. The van der Waals surface area contributed by atoms with Crippen LogP contribution in [0.3, 0.4) is 0 Å². The molecule has 0 aliphatic heterocycles. The molecule has 0 bridgehead atoms. The standard InChI is InChI=1S/C15H28N4O5S3/c1-3-7(2)11(19-12(20)8(16)4-25)14(22)17-9(5-26)13(21)18-10(6-27)15(23)24/h7-11,25-27H,3-6,16H2,1-2H3,(H,17,22)(H,18,21)(H,19,20)(H,23,24). The quantitative estimate of drug-likeness (QED) is 0.177. The molecule has 0 heterocycles. The van der Waals surface area contributed by atoms with Crippen molar-refractivity contribution in [3.05, 3.63) is 0 Å². The van der Waals surface area contributed by atoms with Gasteiger partial charge in [-0.05, 0) is 5.92 Å². The van der Waals surface area contributed by atoms with E-state index in [0.29, 0.717) is 6.42 Å². The average molecular weight is 441 g/mol. The van der Waals surface area contributed by atoms with Crippen LogP contribution in [0, 0.1) is 5.92 Å². The fraction of sp³-hybridized carbons (Fsp3) is 0.733. The molecule has 12 heteroatoms. The van der Waals surface area contributed by atoms with Gasteiger partial charge in [-0.2, -0.15) is 37.9 Å². The zero-order chi connectivity index (χ0) is 21.1. The highest BCUT2D eigenvalue weighted by Gasteiger charge is 2.31. The van der Waals surface area contributed by atoms with Crippen LogP contribution in [0.25, 0.3) is 0 Å². The van der Waals surface area contributed by atoms with Crippen molar-refractivity contribution in [2.45, 2.75) is 44.4 Å². The molecule has 0 aromatic rings. The first kappa shape index (κ1) is 25.9. The third kappa shape index (κ3) is 8.62. The van der Waals surface area contributed by atoms with E-state index in [-0.39, 0.29) is 23.2 Å². The van der Waals surface area contributed by atoms with Gasteiger partial charge in [0.05, 0.1) is 6.04 Å². The summed E-state index contributed by atoms with van der Waals surface area (Å²) < 4.78 is 0. The molecule has 0 aliphatic rings. The minimum absolute atomic E-state index is 0.0617. The van der Waals surface area contributed by atoms with Crippen LogP contribution in [-0.2, 0) is 19.2 Å². The van der Waals surface area contributed by atoms with Gasteiger partial charge in [0, 0.05) is 17.3 Å². The topological polar surface area (TPSA) is 151 Å².